The van der Waals surface area contributed by atoms with Crippen LogP contribution < -0.4 is 10.5 Å². The van der Waals surface area contributed by atoms with Gasteiger partial charge in [0.1, 0.15) is 5.75 Å². The molecule has 3 aromatic carbocycles. The average Bonchev–Trinajstić information content (AvgIpc) is 3.26. The molecule has 32 heavy (non-hydrogen) atoms. The monoisotopic (exact) mass is 448 g/mol. The maximum atomic E-state index is 13.4. The SMILES string of the molecule is COc1cccc(CC(N)c2oc(-c3ccccc3C)nc2S(=O)(=O)c2ccccc2)c1. The number of oxazole rings is 1. The first-order valence-corrected chi connectivity index (χ1v) is 11.6. The zero-order valence-corrected chi connectivity index (χ0v) is 18.7. The molecule has 4 rings (SSSR count). The quantitative estimate of drug-likeness (QED) is 0.439. The lowest BCUT2D eigenvalue weighted by atomic mass is 10.0. The molecule has 1 atom stereocenters. The molecule has 6 nitrogen and oxygen atoms in total. The molecule has 0 radical (unpaired) electrons. The van der Waals surface area contributed by atoms with Gasteiger partial charge in [0.2, 0.25) is 20.8 Å². The van der Waals surface area contributed by atoms with Crippen LogP contribution in [0.5, 0.6) is 5.75 Å². The van der Waals surface area contributed by atoms with Crippen molar-refractivity contribution in [3.05, 3.63) is 95.7 Å². The van der Waals surface area contributed by atoms with E-state index in [1.807, 2.05) is 55.5 Å². The second-order valence-electron chi connectivity index (χ2n) is 7.48. The first kappa shape index (κ1) is 21.8. The molecule has 0 spiro atoms. The number of benzene rings is 3. The molecule has 1 unspecified atom stereocenters. The van der Waals surface area contributed by atoms with Crippen molar-refractivity contribution in [2.45, 2.75) is 29.3 Å². The van der Waals surface area contributed by atoms with Crippen LogP contribution in [0.3, 0.4) is 0 Å². The smallest absolute Gasteiger partial charge is 0.227 e. The highest BCUT2D eigenvalue weighted by Crippen LogP contribution is 2.34. The van der Waals surface area contributed by atoms with Gasteiger partial charge in [-0.15, -0.1) is 0 Å². The number of hydrogen-bond acceptors (Lipinski definition) is 6. The van der Waals surface area contributed by atoms with E-state index in [0.29, 0.717) is 12.2 Å². The number of aryl methyl sites for hydroxylation is 1. The molecule has 0 aliphatic carbocycles. The lowest BCUT2D eigenvalue weighted by molar-refractivity contribution is 0.413. The second kappa shape index (κ2) is 8.98. The number of ether oxygens (including phenoxy) is 1. The molecule has 1 aromatic heterocycles. The highest BCUT2D eigenvalue weighted by molar-refractivity contribution is 7.91. The van der Waals surface area contributed by atoms with Crippen molar-refractivity contribution in [1.82, 2.24) is 4.98 Å². The minimum absolute atomic E-state index is 0.134. The fourth-order valence-corrected chi connectivity index (χ4v) is 4.93. The van der Waals surface area contributed by atoms with Gasteiger partial charge < -0.3 is 14.9 Å². The Bertz CT molecular complexity index is 1330. The first-order chi connectivity index (χ1) is 15.4. The van der Waals surface area contributed by atoms with E-state index in [4.69, 9.17) is 14.9 Å². The molecular formula is C25H24N2O4S. The summed E-state index contributed by atoms with van der Waals surface area (Å²) < 4.78 is 38.2. The van der Waals surface area contributed by atoms with Crippen LogP contribution in [0.4, 0.5) is 0 Å². The number of methoxy groups -OCH3 is 1. The summed E-state index contributed by atoms with van der Waals surface area (Å²) in [6, 6.07) is 22.4. The van der Waals surface area contributed by atoms with Gasteiger partial charge in [0, 0.05) is 5.56 Å². The minimum Gasteiger partial charge on any atom is -0.497 e. The van der Waals surface area contributed by atoms with Gasteiger partial charge in [-0.1, -0.05) is 48.5 Å². The van der Waals surface area contributed by atoms with Gasteiger partial charge in [-0.05, 0) is 54.8 Å². The Morgan fingerprint density at radius 1 is 1.00 bits per heavy atom. The highest BCUT2D eigenvalue weighted by Gasteiger charge is 2.31. The van der Waals surface area contributed by atoms with E-state index in [-0.39, 0.29) is 21.6 Å². The fourth-order valence-electron chi connectivity index (χ4n) is 3.53. The van der Waals surface area contributed by atoms with Gasteiger partial charge in [0.05, 0.1) is 18.0 Å². The van der Waals surface area contributed by atoms with E-state index >= 15 is 0 Å². The molecule has 0 aliphatic heterocycles. The molecule has 164 valence electrons. The summed E-state index contributed by atoms with van der Waals surface area (Å²) in [6.45, 7) is 1.92. The molecule has 4 aromatic rings. The molecule has 0 saturated carbocycles. The van der Waals surface area contributed by atoms with E-state index in [2.05, 4.69) is 4.98 Å². The van der Waals surface area contributed by atoms with Crippen molar-refractivity contribution in [2.75, 3.05) is 7.11 Å². The Labute approximate surface area is 187 Å². The molecule has 0 aliphatic rings. The Hall–Kier alpha value is -3.42. The van der Waals surface area contributed by atoms with Crippen molar-refractivity contribution < 1.29 is 17.6 Å². The number of nitrogens with two attached hydrogens (primary N) is 1. The average molecular weight is 449 g/mol. The van der Waals surface area contributed by atoms with Gasteiger partial charge in [-0.25, -0.2) is 8.42 Å². The van der Waals surface area contributed by atoms with Crippen LogP contribution in [0.1, 0.15) is 22.9 Å². The van der Waals surface area contributed by atoms with Crippen molar-refractivity contribution in [2.24, 2.45) is 5.73 Å². The molecule has 0 amide bonds. The fraction of sp³-hybridized carbons (Fsp3) is 0.160. The van der Waals surface area contributed by atoms with Gasteiger partial charge in [0.15, 0.2) is 5.76 Å². The zero-order valence-electron chi connectivity index (χ0n) is 17.9. The molecule has 0 fully saturated rings. The molecule has 2 N–H and O–H groups in total. The summed E-state index contributed by atoms with van der Waals surface area (Å²) in [4.78, 5) is 4.56. The van der Waals surface area contributed by atoms with Gasteiger partial charge in [0.25, 0.3) is 0 Å². The predicted octanol–water partition coefficient (Wildman–Crippen LogP) is 4.73. The number of hydrogen-bond donors (Lipinski definition) is 1. The van der Waals surface area contributed by atoms with E-state index in [1.165, 1.54) is 12.1 Å². The van der Waals surface area contributed by atoms with Crippen LogP contribution in [-0.2, 0) is 16.3 Å². The third-order valence-corrected chi connectivity index (χ3v) is 6.92. The number of aromatic nitrogens is 1. The van der Waals surface area contributed by atoms with E-state index in [9.17, 15) is 8.42 Å². The van der Waals surface area contributed by atoms with E-state index < -0.39 is 15.9 Å². The predicted molar refractivity (Wildman–Crippen MR) is 122 cm³/mol. The summed E-state index contributed by atoms with van der Waals surface area (Å²) in [7, 11) is -2.34. The topological polar surface area (TPSA) is 95.4 Å². The van der Waals surface area contributed by atoms with Crippen molar-refractivity contribution >= 4 is 9.84 Å². The van der Waals surface area contributed by atoms with Crippen molar-refractivity contribution in [1.29, 1.82) is 0 Å². The lowest BCUT2D eigenvalue weighted by Gasteiger charge is -2.12. The maximum absolute atomic E-state index is 13.4. The molecule has 1 heterocycles. The van der Waals surface area contributed by atoms with Crippen LogP contribution in [0.25, 0.3) is 11.5 Å². The summed E-state index contributed by atoms with van der Waals surface area (Å²) in [5.41, 5.74) is 9.02. The Balaban J connectivity index is 1.82. The summed E-state index contributed by atoms with van der Waals surface area (Å²) >= 11 is 0. The third-order valence-electron chi connectivity index (χ3n) is 5.23. The van der Waals surface area contributed by atoms with Crippen LogP contribution >= 0.6 is 0 Å². The van der Waals surface area contributed by atoms with E-state index in [1.54, 1.807) is 25.3 Å². The summed E-state index contributed by atoms with van der Waals surface area (Å²) in [6.07, 6.45) is 0.358. The molecule has 7 heteroatoms. The number of rotatable bonds is 7. The number of sulfone groups is 1. The van der Waals surface area contributed by atoms with Crippen molar-refractivity contribution in [3.63, 3.8) is 0 Å². The zero-order chi connectivity index (χ0) is 22.7. The third kappa shape index (κ3) is 4.30. The summed E-state index contributed by atoms with van der Waals surface area (Å²) in [5, 5.41) is -0.155. The highest BCUT2D eigenvalue weighted by atomic mass is 32.2. The molecule has 0 bridgehead atoms. The van der Waals surface area contributed by atoms with Crippen LogP contribution in [0.2, 0.25) is 0 Å². The molecule has 0 saturated heterocycles. The normalized spacial score (nSPS) is 12.5. The maximum Gasteiger partial charge on any atom is 0.227 e. The lowest BCUT2D eigenvalue weighted by Crippen LogP contribution is -2.16. The standard InChI is InChI=1S/C25H24N2O4S/c1-17-9-6-7-14-21(17)24-27-25(32(28,29)20-12-4-3-5-13-20)23(31-24)22(26)16-18-10-8-11-19(15-18)30-2/h3-15,22H,16,26H2,1-2H3. The largest absolute Gasteiger partial charge is 0.497 e. The molecular weight excluding hydrogens is 424 g/mol. The van der Waals surface area contributed by atoms with Crippen LogP contribution in [0, 0.1) is 6.92 Å². The van der Waals surface area contributed by atoms with Crippen LogP contribution in [0.15, 0.2) is 93.2 Å². The number of nitrogens with zero attached hydrogens (tertiary/aromatic N) is 1. The van der Waals surface area contributed by atoms with Gasteiger partial charge in [-0.2, -0.15) is 4.98 Å². The van der Waals surface area contributed by atoms with Gasteiger partial charge in [-0.3, -0.25) is 0 Å². The minimum atomic E-state index is -3.93. The second-order valence-corrected chi connectivity index (χ2v) is 9.35. The van der Waals surface area contributed by atoms with Crippen molar-refractivity contribution in [3.8, 4) is 17.2 Å². The Morgan fingerprint density at radius 3 is 2.44 bits per heavy atom. The van der Waals surface area contributed by atoms with Crippen LogP contribution in [-0.4, -0.2) is 20.5 Å². The first-order valence-electron chi connectivity index (χ1n) is 10.2. The van der Waals surface area contributed by atoms with E-state index in [0.717, 1.165) is 16.7 Å². The van der Waals surface area contributed by atoms with Gasteiger partial charge >= 0.3 is 0 Å². The Kier molecular flexibility index (Phi) is 6.12. The Morgan fingerprint density at radius 2 is 1.72 bits per heavy atom. The summed E-state index contributed by atoms with van der Waals surface area (Å²) in [5.74, 6) is 1.06.